The van der Waals surface area contributed by atoms with E-state index in [0.717, 1.165) is 48.9 Å². The molecule has 1 N–H and O–H groups in total. The van der Waals surface area contributed by atoms with Gasteiger partial charge >= 0.3 is 0 Å². The van der Waals surface area contributed by atoms with Crippen molar-refractivity contribution in [2.75, 3.05) is 13.1 Å². The number of benzene rings is 1. The van der Waals surface area contributed by atoms with Crippen LogP contribution >= 0.6 is 23.1 Å². The van der Waals surface area contributed by atoms with Crippen molar-refractivity contribution in [3.05, 3.63) is 74.7 Å². The van der Waals surface area contributed by atoms with E-state index >= 15 is 0 Å². The predicted molar refractivity (Wildman–Crippen MR) is 131 cm³/mol. The molecule has 7 nitrogen and oxygen atoms in total. The lowest BCUT2D eigenvalue weighted by atomic mass is 10.1. The summed E-state index contributed by atoms with van der Waals surface area (Å²) >= 11 is 2.39. The largest absolute Gasteiger partial charge is 0.354 e. The van der Waals surface area contributed by atoms with Crippen LogP contribution in [0, 0.1) is 13.8 Å². The quantitative estimate of drug-likeness (QED) is 0.511. The van der Waals surface area contributed by atoms with Crippen LogP contribution in [0.3, 0.4) is 0 Å². The van der Waals surface area contributed by atoms with Crippen LogP contribution in [-0.2, 0) is 16.0 Å². The second-order valence-electron chi connectivity index (χ2n) is 7.52. The smallest absolute Gasteiger partial charge is 0.293 e. The summed E-state index contributed by atoms with van der Waals surface area (Å²) in [6.07, 6.45) is 5.11. The number of thiazole rings is 1. The van der Waals surface area contributed by atoms with Crippen LogP contribution in [0.2, 0.25) is 0 Å². The molecule has 33 heavy (non-hydrogen) atoms. The fourth-order valence-corrected chi connectivity index (χ4v) is 5.17. The van der Waals surface area contributed by atoms with Crippen molar-refractivity contribution in [1.29, 1.82) is 0 Å². The highest BCUT2D eigenvalue weighted by Crippen LogP contribution is 2.32. The summed E-state index contributed by atoms with van der Waals surface area (Å²) in [4.78, 5) is 48.4. The van der Waals surface area contributed by atoms with Gasteiger partial charge in [0.05, 0.1) is 22.0 Å². The molecule has 168 valence electrons. The Morgan fingerprint density at radius 2 is 1.94 bits per heavy atom. The third-order valence-electron chi connectivity index (χ3n) is 4.96. The highest BCUT2D eigenvalue weighted by molar-refractivity contribution is 8.18. The van der Waals surface area contributed by atoms with Gasteiger partial charge in [-0.25, -0.2) is 4.98 Å². The molecule has 1 aromatic carbocycles. The van der Waals surface area contributed by atoms with Gasteiger partial charge in [-0.05, 0) is 43.3 Å². The van der Waals surface area contributed by atoms with E-state index in [1.165, 1.54) is 11.3 Å². The molecule has 0 bridgehead atoms. The molecule has 1 fully saturated rings. The van der Waals surface area contributed by atoms with Gasteiger partial charge in [0.1, 0.15) is 0 Å². The molecule has 9 heteroatoms. The average Bonchev–Trinajstić information content (AvgIpc) is 3.28. The van der Waals surface area contributed by atoms with E-state index in [1.807, 2.05) is 44.2 Å². The Kier molecular flexibility index (Phi) is 7.00. The van der Waals surface area contributed by atoms with Gasteiger partial charge < -0.3 is 5.32 Å². The molecule has 3 heterocycles. The number of aromatic nitrogens is 2. The van der Waals surface area contributed by atoms with Crippen molar-refractivity contribution in [2.24, 2.45) is 0 Å². The molecule has 0 atom stereocenters. The highest BCUT2D eigenvalue weighted by Gasteiger charge is 2.34. The molecular formula is C24H22N4O3S2. The Morgan fingerprint density at radius 1 is 1.15 bits per heavy atom. The van der Waals surface area contributed by atoms with Gasteiger partial charge in [0.25, 0.3) is 11.1 Å². The minimum absolute atomic E-state index is 0.118. The molecule has 0 spiro atoms. The second kappa shape index (κ2) is 10.1. The number of aryl methyl sites for hydroxylation is 2. The van der Waals surface area contributed by atoms with Gasteiger partial charge in [-0.1, -0.05) is 35.9 Å². The SMILES string of the molecule is Cc1ccc(-c2nc(C)sc2CC(=O)NCCN2C(=O)S/C(=C/c3cccnc3)C2=O)cc1. The van der Waals surface area contributed by atoms with E-state index < -0.39 is 0 Å². The molecule has 0 saturated carbocycles. The zero-order valence-electron chi connectivity index (χ0n) is 18.2. The van der Waals surface area contributed by atoms with Gasteiger partial charge in [0.15, 0.2) is 0 Å². The van der Waals surface area contributed by atoms with Crippen LogP contribution in [-0.4, -0.2) is 45.0 Å². The van der Waals surface area contributed by atoms with Crippen molar-refractivity contribution < 1.29 is 14.4 Å². The first-order chi connectivity index (χ1) is 15.9. The van der Waals surface area contributed by atoms with Crippen LogP contribution < -0.4 is 5.32 Å². The Balaban J connectivity index is 1.34. The molecule has 2 aromatic heterocycles. The third-order valence-corrected chi connectivity index (χ3v) is 6.84. The van der Waals surface area contributed by atoms with Crippen molar-refractivity contribution in [3.8, 4) is 11.3 Å². The molecule has 0 aliphatic carbocycles. The minimum Gasteiger partial charge on any atom is -0.354 e. The lowest BCUT2D eigenvalue weighted by Gasteiger charge is -2.13. The maximum absolute atomic E-state index is 12.6. The summed E-state index contributed by atoms with van der Waals surface area (Å²) in [5.74, 6) is -0.535. The van der Waals surface area contributed by atoms with Crippen molar-refractivity contribution in [1.82, 2.24) is 20.2 Å². The van der Waals surface area contributed by atoms with E-state index in [9.17, 15) is 14.4 Å². The van der Waals surface area contributed by atoms with Crippen LogP contribution in [0.4, 0.5) is 4.79 Å². The normalized spacial score (nSPS) is 14.8. The van der Waals surface area contributed by atoms with Gasteiger partial charge in [-0.3, -0.25) is 24.3 Å². The van der Waals surface area contributed by atoms with Gasteiger partial charge in [0.2, 0.25) is 5.91 Å². The molecule has 4 rings (SSSR count). The monoisotopic (exact) mass is 478 g/mol. The summed E-state index contributed by atoms with van der Waals surface area (Å²) in [6.45, 7) is 4.25. The zero-order valence-corrected chi connectivity index (χ0v) is 19.8. The third kappa shape index (κ3) is 5.55. The summed E-state index contributed by atoms with van der Waals surface area (Å²) in [5.41, 5.74) is 3.71. The fourth-order valence-electron chi connectivity index (χ4n) is 3.35. The molecule has 3 aromatic rings. The molecule has 1 aliphatic heterocycles. The Hall–Kier alpha value is -3.30. The maximum Gasteiger partial charge on any atom is 0.293 e. The summed E-state index contributed by atoms with van der Waals surface area (Å²) in [7, 11) is 0. The van der Waals surface area contributed by atoms with E-state index in [2.05, 4.69) is 15.3 Å². The standard InChI is InChI=1S/C24H22N4O3S2/c1-15-5-7-18(8-6-15)22-19(32-16(2)27-22)13-21(29)26-10-11-28-23(30)20(33-24(28)31)12-17-4-3-9-25-14-17/h3-9,12,14H,10-11,13H2,1-2H3,(H,26,29)/b20-12+. The topological polar surface area (TPSA) is 92.3 Å². The number of hydrogen-bond acceptors (Lipinski definition) is 7. The van der Waals surface area contributed by atoms with E-state index in [-0.39, 0.29) is 36.6 Å². The molecule has 0 radical (unpaired) electrons. The number of imide groups is 1. The predicted octanol–water partition coefficient (Wildman–Crippen LogP) is 4.22. The average molecular weight is 479 g/mol. The van der Waals surface area contributed by atoms with E-state index in [4.69, 9.17) is 0 Å². The second-order valence-corrected chi connectivity index (χ2v) is 9.80. The number of carbonyl (C=O) groups is 3. The number of amides is 3. The fraction of sp³-hybridized carbons (Fsp3) is 0.208. The van der Waals surface area contributed by atoms with Crippen molar-refractivity contribution in [3.63, 3.8) is 0 Å². The lowest BCUT2D eigenvalue weighted by molar-refractivity contribution is -0.124. The number of thioether (sulfide) groups is 1. The summed E-state index contributed by atoms with van der Waals surface area (Å²) in [5, 5.41) is 3.37. The first-order valence-corrected chi connectivity index (χ1v) is 12.0. The van der Waals surface area contributed by atoms with E-state index in [0.29, 0.717) is 4.91 Å². The Bertz CT molecular complexity index is 1220. The van der Waals surface area contributed by atoms with Gasteiger partial charge in [-0.2, -0.15) is 0 Å². The number of carbonyl (C=O) groups excluding carboxylic acids is 3. The summed E-state index contributed by atoms with van der Waals surface area (Å²) < 4.78 is 0. The molecule has 0 unspecified atom stereocenters. The number of pyridine rings is 1. The number of rotatable bonds is 7. The molecular weight excluding hydrogens is 456 g/mol. The minimum atomic E-state index is -0.358. The number of nitrogens with zero attached hydrogens (tertiary/aromatic N) is 3. The van der Waals surface area contributed by atoms with Crippen LogP contribution in [0.5, 0.6) is 0 Å². The van der Waals surface area contributed by atoms with E-state index in [1.54, 1.807) is 24.5 Å². The molecule has 1 aliphatic rings. The number of nitrogens with one attached hydrogen (secondary N) is 1. The first kappa shape index (κ1) is 22.9. The zero-order chi connectivity index (χ0) is 23.4. The van der Waals surface area contributed by atoms with Crippen molar-refractivity contribution >= 4 is 46.2 Å². The first-order valence-electron chi connectivity index (χ1n) is 10.4. The Labute approximate surface area is 199 Å². The van der Waals surface area contributed by atoms with Gasteiger partial charge in [0, 0.05) is 35.9 Å². The maximum atomic E-state index is 12.6. The lowest BCUT2D eigenvalue weighted by Crippen LogP contribution is -2.37. The van der Waals surface area contributed by atoms with Crippen molar-refractivity contribution in [2.45, 2.75) is 20.3 Å². The van der Waals surface area contributed by atoms with Crippen LogP contribution in [0.1, 0.15) is 21.0 Å². The van der Waals surface area contributed by atoms with Gasteiger partial charge in [-0.15, -0.1) is 11.3 Å². The molecule has 1 saturated heterocycles. The van der Waals surface area contributed by atoms with Crippen LogP contribution in [0.25, 0.3) is 17.3 Å². The summed E-state index contributed by atoms with van der Waals surface area (Å²) in [6, 6.07) is 11.6. The number of hydrogen-bond donors (Lipinski definition) is 1. The highest BCUT2D eigenvalue weighted by atomic mass is 32.2. The molecule has 3 amide bonds. The Morgan fingerprint density at radius 3 is 2.67 bits per heavy atom. The van der Waals surface area contributed by atoms with Crippen LogP contribution in [0.15, 0.2) is 53.7 Å².